The van der Waals surface area contributed by atoms with Crippen LogP contribution in [-0.4, -0.2) is 65.2 Å². The maximum absolute atomic E-state index is 13.7. The van der Waals surface area contributed by atoms with Crippen molar-refractivity contribution in [2.45, 2.75) is 52.2 Å². The van der Waals surface area contributed by atoms with Crippen LogP contribution in [0, 0.1) is 5.82 Å². The molecule has 0 saturated carbocycles. The molecular formula is C29H36ClFN4O5. The van der Waals surface area contributed by atoms with Crippen LogP contribution in [0.4, 0.5) is 15.0 Å². The van der Waals surface area contributed by atoms with Gasteiger partial charge in [-0.3, -0.25) is 14.9 Å². The van der Waals surface area contributed by atoms with Gasteiger partial charge in [0.15, 0.2) is 0 Å². The zero-order chi connectivity index (χ0) is 28.4. The third kappa shape index (κ3) is 9.77. The summed E-state index contributed by atoms with van der Waals surface area (Å²) in [6.45, 7) is 1.48. The molecule has 2 aromatic carbocycles. The van der Waals surface area contributed by atoms with Crippen LogP contribution < -0.4 is 10.6 Å². The lowest BCUT2D eigenvalue weighted by Crippen LogP contribution is -2.42. The lowest BCUT2D eigenvalue weighted by molar-refractivity contribution is -0.133. The van der Waals surface area contributed by atoms with Gasteiger partial charge in [-0.25, -0.2) is 14.2 Å². The molecule has 0 unspecified atom stereocenters. The molecule has 0 aliphatic heterocycles. The number of nitrogens with one attached hydrogen (secondary N) is 2. The number of carbonyl (C=O) groups excluding carboxylic acids is 3. The van der Waals surface area contributed by atoms with Gasteiger partial charge < -0.3 is 20.1 Å². The lowest BCUT2D eigenvalue weighted by atomic mass is 10.1. The van der Waals surface area contributed by atoms with E-state index in [1.807, 2.05) is 24.3 Å². The fourth-order valence-corrected chi connectivity index (χ4v) is 4.08. The molecule has 1 heterocycles. The first kappa shape index (κ1) is 32.5. The van der Waals surface area contributed by atoms with Crippen molar-refractivity contribution >= 4 is 46.1 Å². The van der Waals surface area contributed by atoms with E-state index < -0.39 is 24.1 Å². The number of aliphatic hydroxyl groups is 1. The smallest absolute Gasteiger partial charge is 0.412 e. The molecule has 3 rings (SSSR count). The first-order valence-electron chi connectivity index (χ1n) is 12.6. The van der Waals surface area contributed by atoms with Gasteiger partial charge in [0, 0.05) is 38.0 Å². The molecule has 0 saturated heterocycles. The van der Waals surface area contributed by atoms with Gasteiger partial charge in [-0.2, -0.15) is 0 Å². The predicted octanol–water partition coefficient (Wildman–Crippen LogP) is 4.95. The van der Waals surface area contributed by atoms with Crippen molar-refractivity contribution < 1.29 is 28.6 Å². The van der Waals surface area contributed by atoms with Crippen molar-refractivity contribution in [1.29, 1.82) is 0 Å². The molecule has 0 spiro atoms. The average Bonchev–Trinajstić information content (AvgIpc) is 2.92. The molecule has 3 aromatic rings. The highest BCUT2D eigenvalue weighted by Gasteiger charge is 2.23. The highest BCUT2D eigenvalue weighted by atomic mass is 35.5. The van der Waals surface area contributed by atoms with E-state index in [1.165, 1.54) is 17.0 Å². The third-order valence-electron chi connectivity index (χ3n) is 6.15. The number of halogens is 2. The number of amides is 3. The Kier molecular flexibility index (Phi) is 12.8. The monoisotopic (exact) mass is 574 g/mol. The Morgan fingerprint density at radius 3 is 2.58 bits per heavy atom. The van der Waals surface area contributed by atoms with Crippen molar-refractivity contribution in [3.63, 3.8) is 0 Å². The van der Waals surface area contributed by atoms with Crippen LogP contribution in [0.5, 0.6) is 0 Å². The van der Waals surface area contributed by atoms with Crippen LogP contribution in [0.2, 0.25) is 5.02 Å². The first-order chi connectivity index (χ1) is 18.6. The van der Waals surface area contributed by atoms with E-state index in [4.69, 9.17) is 16.3 Å². The van der Waals surface area contributed by atoms with E-state index >= 15 is 0 Å². The summed E-state index contributed by atoms with van der Waals surface area (Å²) in [5.74, 6) is -0.844. The zero-order valence-electron chi connectivity index (χ0n) is 21.8. The summed E-state index contributed by atoms with van der Waals surface area (Å²) in [7, 11) is 1.56. The van der Waals surface area contributed by atoms with Gasteiger partial charge in [0.25, 0.3) is 0 Å². The van der Waals surface area contributed by atoms with E-state index in [-0.39, 0.29) is 63.1 Å². The summed E-state index contributed by atoms with van der Waals surface area (Å²) in [6.07, 6.45) is 0.691. The van der Waals surface area contributed by atoms with Crippen LogP contribution in [-0.2, 0) is 20.7 Å². The number of aliphatic hydroxyl groups excluding tert-OH is 1. The van der Waals surface area contributed by atoms with E-state index in [1.54, 1.807) is 32.3 Å². The second-order valence-corrected chi connectivity index (χ2v) is 9.58. The summed E-state index contributed by atoms with van der Waals surface area (Å²) >= 11 is 6.01. The van der Waals surface area contributed by atoms with Crippen LogP contribution in [0.1, 0.15) is 39.2 Å². The highest BCUT2D eigenvalue weighted by Crippen LogP contribution is 2.22. The first-order valence-corrected chi connectivity index (χ1v) is 12.9. The number of fused-ring (bicyclic) bond motifs is 1. The summed E-state index contributed by atoms with van der Waals surface area (Å²) in [5, 5.41) is 16.4. The van der Waals surface area contributed by atoms with Gasteiger partial charge in [-0.05, 0) is 42.8 Å². The van der Waals surface area contributed by atoms with Gasteiger partial charge in [0.1, 0.15) is 18.2 Å². The number of ether oxygens (including phenoxy) is 1. The minimum Gasteiger partial charge on any atom is -0.447 e. The molecule has 0 bridgehead atoms. The number of aromatic nitrogens is 1. The fourth-order valence-electron chi connectivity index (χ4n) is 3.86. The Hall–Kier alpha value is -3.76. The van der Waals surface area contributed by atoms with E-state index in [0.29, 0.717) is 11.4 Å². The topological polar surface area (TPSA) is 121 Å². The molecule has 0 radical (unpaired) electrons. The number of nitrogens with zero attached hydrogens (tertiary/aromatic N) is 2. The minimum absolute atomic E-state index is 0. The number of hydrogen-bond donors (Lipinski definition) is 3. The fraction of sp³-hybridized carbons (Fsp3) is 0.379. The van der Waals surface area contributed by atoms with Crippen LogP contribution in [0.15, 0.2) is 54.7 Å². The highest BCUT2D eigenvalue weighted by molar-refractivity contribution is 6.31. The molecular weight excluding hydrogens is 539 g/mol. The number of likely N-dealkylation sites (N-methyl/N-ethyl adjacent to an activating group) is 1. The molecule has 9 nitrogen and oxygen atoms in total. The maximum atomic E-state index is 13.7. The Morgan fingerprint density at radius 1 is 1.12 bits per heavy atom. The quantitative estimate of drug-likeness (QED) is 0.281. The maximum Gasteiger partial charge on any atom is 0.412 e. The van der Waals surface area contributed by atoms with Gasteiger partial charge in [0.05, 0.1) is 17.2 Å². The number of aryl methyl sites for hydroxylation is 1. The van der Waals surface area contributed by atoms with E-state index in [2.05, 4.69) is 15.6 Å². The van der Waals surface area contributed by atoms with Gasteiger partial charge in [-0.1, -0.05) is 55.4 Å². The third-order valence-corrected chi connectivity index (χ3v) is 6.57. The van der Waals surface area contributed by atoms with Crippen molar-refractivity contribution in [2.75, 3.05) is 25.5 Å². The summed E-state index contributed by atoms with van der Waals surface area (Å²) < 4.78 is 19.1. The second kappa shape index (κ2) is 15.7. The Labute approximate surface area is 238 Å². The minimum atomic E-state index is -0.756. The standard InChI is InChI=1S/C28H32ClFN4O5.CH4/c1-18(35)15-32-25(36)12-11-22(34(2)26(37)13-10-19-8-5-9-23(30)27(19)29)17-39-28(38)33-24-14-20-6-3-4-7-21(20)16-31-24;/h3-9,14,16,18,22,35H,10-13,15,17H2,1-2H3,(H,32,36)(H,31,33,38);1H4/t18-,22-;/m0./s1. The molecule has 1 aromatic heterocycles. The molecule has 0 aliphatic carbocycles. The molecule has 3 amide bonds. The SMILES string of the molecule is C.C[C@H](O)CNC(=O)CC[C@@H](COC(=O)Nc1cc2ccccc2cn1)N(C)C(=O)CCc1cccc(F)c1Cl. The molecule has 0 fully saturated rings. The summed E-state index contributed by atoms with van der Waals surface area (Å²) in [6, 6.07) is 13.1. The molecule has 216 valence electrons. The predicted molar refractivity (Wildman–Crippen MR) is 154 cm³/mol. The van der Waals surface area contributed by atoms with Crippen molar-refractivity contribution in [1.82, 2.24) is 15.2 Å². The number of rotatable bonds is 12. The van der Waals surface area contributed by atoms with Crippen LogP contribution in [0.25, 0.3) is 10.8 Å². The summed E-state index contributed by atoms with van der Waals surface area (Å²) in [4.78, 5) is 43.3. The molecule has 3 N–H and O–H groups in total. The van der Waals surface area contributed by atoms with Crippen molar-refractivity contribution in [3.8, 4) is 0 Å². The lowest BCUT2D eigenvalue weighted by Gasteiger charge is -2.28. The van der Waals surface area contributed by atoms with Crippen LogP contribution in [0.3, 0.4) is 0 Å². The number of carbonyl (C=O) groups is 3. The molecule has 11 heteroatoms. The molecule has 0 aliphatic rings. The number of pyridine rings is 1. The van der Waals surface area contributed by atoms with Gasteiger partial charge in [0.2, 0.25) is 11.8 Å². The number of benzene rings is 2. The second-order valence-electron chi connectivity index (χ2n) is 9.20. The normalized spacial score (nSPS) is 12.1. The van der Waals surface area contributed by atoms with E-state index in [9.17, 15) is 23.9 Å². The Balaban J connectivity index is 0.00000560. The van der Waals surface area contributed by atoms with Crippen LogP contribution >= 0.6 is 11.6 Å². The van der Waals surface area contributed by atoms with Gasteiger partial charge >= 0.3 is 6.09 Å². The largest absolute Gasteiger partial charge is 0.447 e. The van der Waals surface area contributed by atoms with E-state index in [0.717, 1.165) is 10.8 Å². The van der Waals surface area contributed by atoms with Gasteiger partial charge in [-0.15, -0.1) is 0 Å². The number of anilines is 1. The summed E-state index contributed by atoms with van der Waals surface area (Å²) in [5.41, 5.74) is 0.506. The Bertz CT molecular complexity index is 1310. The molecule has 2 atom stereocenters. The zero-order valence-corrected chi connectivity index (χ0v) is 22.6. The van der Waals surface area contributed by atoms with Crippen molar-refractivity contribution in [2.24, 2.45) is 0 Å². The Morgan fingerprint density at radius 2 is 1.85 bits per heavy atom. The average molecular weight is 575 g/mol. The van der Waals surface area contributed by atoms with Crippen molar-refractivity contribution in [3.05, 3.63) is 71.1 Å². The number of hydrogen-bond acceptors (Lipinski definition) is 6. The molecule has 40 heavy (non-hydrogen) atoms.